The number of nitrogens with one attached hydrogen (secondary N) is 1. The lowest BCUT2D eigenvalue weighted by Crippen LogP contribution is -2.28. The van der Waals surface area contributed by atoms with E-state index < -0.39 is 17.5 Å². The Morgan fingerprint density at radius 2 is 2.17 bits per heavy atom. The minimum atomic E-state index is -0.913. The number of halogens is 3. The number of rotatable bonds is 3. The van der Waals surface area contributed by atoms with E-state index in [4.69, 9.17) is 0 Å². The predicted molar refractivity (Wildman–Crippen MR) is 86.6 cm³/mol. The average Bonchev–Trinajstić information content (AvgIpc) is 2.95. The summed E-state index contributed by atoms with van der Waals surface area (Å²) in [5, 5.41) is 4.46. The summed E-state index contributed by atoms with van der Waals surface area (Å²) < 4.78 is 27.9. The van der Waals surface area contributed by atoms with Crippen LogP contribution in [-0.4, -0.2) is 15.5 Å². The molecule has 0 saturated heterocycles. The quantitative estimate of drug-likeness (QED) is 0.735. The van der Waals surface area contributed by atoms with Crippen LogP contribution >= 0.6 is 27.3 Å². The Bertz CT molecular complexity index is 947. The molecule has 118 valence electrons. The van der Waals surface area contributed by atoms with E-state index in [1.807, 2.05) is 0 Å². The minimum absolute atomic E-state index is 0.0714. The molecule has 1 amide bonds. The van der Waals surface area contributed by atoms with Crippen LogP contribution in [0.25, 0.3) is 10.2 Å². The summed E-state index contributed by atoms with van der Waals surface area (Å²) in [5.74, 6) is -2.31. The second-order valence-corrected chi connectivity index (χ2v) is 6.36. The van der Waals surface area contributed by atoms with E-state index in [1.165, 1.54) is 17.7 Å². The van der Waals surface area contributed by atoms with Crippen molar-refractivity contribution in [2.24, 2.45) is 0 Å². The number of thiophene rings is 1. The van der Waals surface area contributed by atoms with E-state index in [9.17, 15) is 18.4 Å². The van der Waals surface area contributed by atoms with E-state index in [0.717, 1.165) is 10.6 Å². The molecule has 0 spiro atoms. The van der Waals surface area contributed by atoms with Crippen molar-refractivity contribution in [1.29, 1.82) is 0 Å². The summed E-state index contributed by atoms with van der Waals surface area (Å²) in [6, 6.07) is 3.31. The topological polar surface area (TPSA) is 64.0 Å². The summed E-state index contributed by atoms with van der Waals surface area (Å²) in [4.78, 5) is 28.9. The number of benzene rings is 1. The van der Waals surface area contributed by atoms with Gasteiger partial charge in [-0.2, -0.15) is 0 Å². The Kier molecular flexibility index (Phi) is 4.22. The SMILES string of the molecule is O=C(Cn1cnc2sccc2c1=O)Nc1c(F)cc(F)cc1Br. The molecule has 5 nitrogen and oxygen atoms in total. The van der Waals surface area contributed by atoms with E-state index in [-0.39, 0.29) is 22.3 Å². The Labute approximate surface area is 140 Å². The van der Waals surface area contributed by atoms with Crippen molar-refractivity contribution in [3.8, 4) is 0 Å². The number of amides is 1. The second-order valence-electron chi connectivity index (χ2n) is 4.61. The number of hydrogen-bond donors (Lipinski definition) is 1. The lowest BCUT2D eigenvalue weighted by Gasteiger charge is -2.10. The first-order valence-electron chi connectivity index (χ1n) is 6.33. The summed E-state index contributed by atoms with van der Waals surface area (Å²) in [7, 11) is 0. The van der Waals surface area contributed by atoms with Gasteiger partial charge in [0.2, 0.25) is 5.91 Å². The van der Waals surface area contributed by atoms with Crippen molar-refractivity contribution >= 4 is 49.1 Å². The van der Waals surface area contributed by atoms with Gasteiger partial charge in [0.25, 0.3) is 5.56 Å². The van der Waals surface area contributed by atoms with Gasteiger partial charge in [-0.25, -0.2) is 13.8 Å². The van der Waals surface area contributed by atoms with Crippen LogP contribution in [0.1, 0.15) is 0 Å². The highest BCUT2D eigenvalue weighted by molar-refractivity contribution is 9.10. The van der Waals surface area contributed by atoms with Gasteiger partial charge in [-0.15, -0.1) is 11.3 Å². The number of carbonyl (C=O) groups excluding carboxylic acids is 1. The molecule has 23 heavy (non-hydrogen) atoms. The number of anilines is 1. The van der Waals surface area contributed by atoms with Crippen molar-refractivity contribution in [3.05, 3.63) is 56.4 Å². The lowest BCUT2D eigenvalue weighted by atomic mass is 10.3. The average molecular weight is 400 g/mol. The molecule has 0 radical (unpaired) electrons. The molecule has 1 aromatic carbocycles. The van der Waals surface area contributed by atoms with Gasteiger partial charge in [0.05, 0.1) is 17.4 Å². The van der Waals surface area contributed by atoms with Gasteiger partial charge in [0.1, 0.15) is 17.2 Å². The van der Waals surface area contributed by atoms with Gasteiger partial charge in [-0.1, -0.05) is 0 Å². The molecule has 0 bridgehead atoms. The highest BCUT2D eigenvalue weighted by Gasteiger charge is 2.14. The first-order chi connectivity index (χ1) is 11.0. The van der Waals surface area contributed by atoms with Crippen LogP contribution in [0.2, 0.25) is 0 Å². The number of carbonyl (C=O) groups is 1. The first-order valence-corrected chi connectivity index (χ1v) is 8.00. The molecule has 1 N–H and O–H groups in total. The molecule has 3 aromatic rings. The van der Waals surface area contributed by atoms with Crippen molar-refractivity contribution in [1.82, 2.24) is 9.55 Å². The largest absolute Gasteiger partial charge is 0.321 e. The molecule has 0 fully saturated rings. The molecule has 2 aromatic heterocycles. The Hall–Kier alpha value is -2.13. The van der Waals surface area contributed by atoms with Crippen LogP contribution in [0, 0.1) is 11.6 Å². The van der Waals surface area contributed by atoms with Gasteiger partial charge in [-0.05, 0) is 33.4 Å². The number of fused-ring (bicyclic) bond motifs is 1. The fraction of sp³-hybridized carbons (Fsp3) is 0.0714. The van der Waals surface area contributed by atoms with Crippen LogP contribution in [0.15, 0.2) is 39.2 Å². The molecule has 0 atom stereocenters. The number of nitrogens with zero attached hydrogens (tertiary/aromatic N) is 2. The minimum Gasteiger partial charge on any atom is -0.321 e. The zero-order chi connectivity index (χ0) is 16.6. The zero-order valence-electron chi connectivity index (χ0n) is 11.3. The zero-order valence-corrected chi connectivity index (χ0v) is 13.7. The number of aromatic nitrogens is 2. The summed E-state index contributed by atoms with van der Waals surface area (Å²) in [6.07, 6.45) is 1.26. The summed E-state index contributed by atoms with van der Waals surface area (Å²) in [5.41, 5.74) is -0.543. The molecule has 0 aliphatic carbocycles. The molecule has 9 heteroatoms. The molecular formula is C14H8BrF2N3O2S. The van der Waals surface area contributed by atoms with Gasteiger partial charge >= 0.3 is 0 Å². The third-order valence-electron chi connectivity index (χ3n) is 3.04. The van der Waals surface area contributed by atoms with Gasteiger partial charge in [0, 0.05) is 10.5 Å². The maximum atomic E-state index is 13.7. The Morgan fingerprint density at radius 1 is 1.39 bits per heavy atom. The highest BCUT2D eigenvalue weighted by atomic mass is 79.9. The lowest BCUT2D eigenvalue weighted by molar-refractivity contribution is -0.116. The van der Waals surface area contributed by atoms with Crippen LogP contribution in [0.5, 0.6) is 0 Å². The van der Waals surface area contributed by atoms with Crippen molar-refractivity contribution in [3.63, 3.8) is 0 Å². The molecule has 0 aliphatic heterocycles. The fourth-order valence-corrected chi connectivity index (χ4v) is 3.23. The maximum Gasteiger partial charge on any atom is 0.262 e. The van der Waals surface area contributed by atoms with Crippen molar-refractivity contribution < 1.29 is 13.6 Å². The number of hydrogen-bond acceptors (Lipinski definition) is 4. The molecular weight excluding hydrogens is 392 g/mol. The van der Waals surface area contributed by atoms with Crippen LogP contribution in [0.4, 0.5) is 14.5 Å². The molecule has 2 heterocycles. The van der Waals surface area contributed by atoms with Crippen LogP contribution < -0.4 is 10.9 Å². The first kappa shape index (κ1) is 15.8. The molecule has 0 unspecified atom stereocenters. The fourth-order valence-electron chi connectivity index (χ4n) is 2.00. The van der Waals surface area contributed by atoms with Crippen LogP contribution in [0.3, 0.4) is 0 Å². The van der Waals surface area contributed by atoms with E-state index in [1.54, 1.807) is 11.4 Å². The Morgan fingerprint density at radius 3 is 2.91 bits per heavy atom. The van der Waals surface area contributed by atoms with E-state index in [0.29, 0.717) is 16.3 Å². The maximum absolute atomic E-state index is 13.7. The summed E-state index contributed by atoms with van der Waals surface area (Å²) >= 11 is 4.30. The Balaban J connectivity index is 1.84. The molecule has 3 rings (SSSR count). The smallest absolute Gasteiger partial charge is 0.262 e. The second kappa shape index (κ2) is 6.17. The van der Waals surface area contributed by atoms with Crippen molar-refractivity contribution in [2.75, 3.05) is 5.32 Å². The van der Waals surface area contributed by atoms with Gasteiger partial charge < -0.3 is 5.32 Å². The van der Waals surface area contributed by atoms with Gasteiger partial charge in [0.15, 0.2) is 5.82 Å². The predicted octanol–water partition coefficient (Wildman–Crippen LogP) is 3.14. The van der Waals surface area contributed by atoms with E-state index >= 15 is 0 Å². The normalized spacial score (nSPS) is 10.9. The molecule has 0 saturated carbocycles. The van der Waals surface area contributed by atoms with Crippen LogP contribution in [-0.2, 0) is 11.3 Å². The van der Waals surface area contributed by atoms with Crippen molar-refractivity contribution in [2.45, 2.75) is 6.54 Å². The third kappa shape index (κ3) is 3.15. The van der Waals surface area contributed by atoms with E-state index in [2.05, 4.69) is 26.2 Å². The monoisotopic (exact) mass is 399 g/mol. The third-order valence-corrected chi connectivity index (χ3v) is 4.48. The highest BCUT2D eigenvalue weighted by Crippen LogP contribution is 2.26. The van der Waals surface area contributed by atoms with Gasteiger partial charge in [-0.3, -0.25) is 14.2 Å². The summed E-state index contributed by atoms with van der Waals surface area (Å²) in [6.45, 7) is -0.332. The molecule has 0 aliphatic rings. The standard InChI is InChI=1S/C14H8BrF2N3O2S/c15-9-3-7(16)4-10(17)12(9)19-11(21)5-20-6-18-13-8(14(20)22)1-2-23-13/h1-4,6H,5H2,(H,19,21).